The van der Waals surface area contributed by atoms with Gasteiger partial charge in [0.2, 0.25) is 0 Å². The minimum Gasteiger partial charge on any atom is -0.307 e. The van der Waals surface area contributed by atoms with E-state index in [0.29, 0.717) is 5.92 Å². The van der Waals surface area contributed by atoms with Crippen molar-refractivity contribution in [2.45, 2.75) is 26.3 Å². The molecule has 2 nitrogen and oxygen atoms in total. The molecule has 1 unspecified atom stereocenters. The fraction of sp³-hybridized carbons (Fsp3) is 0.857. The Morgan fingerprint density at radius 2 is 2.33 bits per heavy atom. The molecule has 1 fully saturated rings. The summed E-state index contributed by atoms with van der Waals surface area (Å²) in [6.45, 7) is 4.82. The van der Waals surface area contributed by atoms with Gasteiger partial charge in [0.25, 0.3) is 0 Å². The van der Waals surface area contributed by atoms with Crippen molar-refractivity contribution in [3.8, 4) is 0 Å². The summed E-state index contributed by atoms with van der Waals surface area (Å²) >= 11 is 0. The molecule has 0 aliphatic carbocycles. The van der Waals surface area contributed by atoms with Gasteiger partial charge in [0, 0.05) is 0 Å². The molecular weight excluding hydrogens is 114 g/mol. The third-order valence-corrected chi connectivity index (χ3v) is 1.84. The van der Waals surface area contributed by atoms with E-state index in [-0.39, 0.29) is 11.8 Å². The van der Waals surface area contributed by atoms with Crippen molar-refractivity contribution in [2.24, 2.45) is 5.92 Å². The molecule has 2 heteroatoms. The number of hydrogen-bond acceptors (Lipinski definition) is 2. The van der Waals surface area contributed by atoms with Crippen molar-refractivity contribution < 1.29 is 4.79 Å². The molecule has 1 N–H and O–H groups in total. The summed E-state index contributed by atoms with van der Waals surface area (Å²) in [6, 6.07) is 0.153. The van der Waals surface area contributed by atoms with Gasteiger partial charge in [0.05, 0.1) is 6.04 Å². The van der Waals surface area contributed by atoms with E-state index in [1.165, 1.54) is 0 Å². The van der Waals surface area contributed by atoms with Gasteiger partial charge in [0.1, 0.15) is 5.78 Å². The van der Waals surface area contributed by atoms with E-state index in [2.05, 4.69) is 12.2 Å². The van der Waals surface area contributed by atoms with E-state index < -0.39 is 0 Å². The Kier molecular flexibility index (Phi) is 1.86. The lowest BCUT2D eigenvalue weighted by Gasteiger charge is -2.02. The monoisotopic (exact) mass is 127 g/mol. The van der Waals surface area contributed by atoms with Crippen LogP contribution >= 0.6 is 0 Å². The van der Waals surface area contributed by atoms with E-state index in [4.69, 9.17) is 0 Å². The largest absolute Gasteiger partial charge is 0.307 e. The van der Waals surface area contributed by atoms with Crippen LogP contribution in [-0.4, -0.2) is 18.4 Å². The first-order valence-corrected chi connectivity index (χ1v) is 3.44. The summed E-state index contributed by atoms with van der Waals surface area (Å²) in [4.78, 5) is 10.7. The Balaban J connectivity index is 2.39. The summed E-state index contributed by atoms with van der Waals surface area (Å²) in [5.74, 6) is 0.957. The molecule has 0 aromatic rings. The minimum absolute atomic E-state index is 0.153. The SMILES string of the molecule is CC(=O)[C@@H]1CC(C)CN1. The molecule has 0 saturated carbocycles. The van der Waals surface area contributed by atoms with Crippen LogP contribution < -0.4 is 5.32 Å². The van der Waals surface area contributed by atoms with Crippen LogP contribution in [0.1, 0.15) is 20.3 Å². The van der Waals surface area contributed by atoms with E-state index in [1.54, 1.807) is 6.92 Å². The maximum Gasteiger partial charge on any atom is 0.146 e. The molecule has 2 atom stereocenters. The summed E-state index contributed by atoms with van der Waals surface area (Å²) in [7, 11) is 0. The number of nitrogens with one attached hydrogen (secondary N) is 1. The molecule has 1 aliphatic heterocycles. The fourth-order valence-electron chi connectivity index (χ4n) is 1.22. The van der Waals surface area contributed by atoms with Crippen LogP contribution in [-0.2, 0) is 4.79 Å². The molecule has 0 aromatic carbocycles. The second-order valence-electron chi connectivity index (χ2n) is 2.91. The van der Waals surface area contributed by atoms with Crippen LogP contribution in [0.25, 0.3) is 0 Å². The van der Waals surface area contributed by atoms with E-state index in [0.717, 1.165) is 13.0 Å². The second-order valence-corrected chi connectivity index (χ2v) is 2.91. The first-order valence-electron chi connectivity index (χ1n) is 3.44. The summed E-state index contributed by atoms with van der Waals surface area (Å²) < 4.78 is 0. The zero-order chi connectivity index (χ0) is 6.85. The number of carbonyl (C=O) groups excluding carboxylic acids is 1. The molecule has 0 radical (unpaired) electrons. The van der Waals surface area contributed by atoms with Crippen LogP contribution in [0.2, 0.25) is 0 Å². The summed E-state index contributed by atoms with van der Waals surface area (Å²) in [5, 5.41) is 3.16. The molecule has 1 saturated heterocycles. The van der Waals surface area contributed by atoms with E-state index in [1.807, 2.05) is 0 Å². The van der Waals surface area contributed by atoms with Crippen LogP contribution in [0.15, 0.2) is 0 Å². The number of carbonyl (C=O) groups is 1. The molecule has 0 bridgehead atoms. The molecule has 1 aliphatic rings. The highest BCUT2D eigenvalue weighted by Gasteiger charge is 2.23. The summed E-state index contributed by atoms with van der Waals surface area (Å²) in [6.07, 6.45) is 1.02. The zero-order valence-electron chi connectivity index (χ0n) is 5.98. The van der Waals surface area contributed by atoms with Gasteiger partial charge in [-0.2, -0.15) is 0 Å². The highest BCUT2D eigenvalue weighted by atomic mass is 16.1. The average molecular weight is 127 g/mol. The van der Waals surface area contributed by atoms with Gasteiger partial charge < -0.3 is 5.32 Å². The number of hydrogen-bond donors (Lipinski definition) is 1. The maximum absolute atomic E-state index is 10.7. The fourth-order valence-corrected chi connectivity index (χ4v) is 1.22. The van der Waals surface area contributed by atoms with Crippen molar-refractivity contribution in [1.29, 1.82) is 0 Å². The third kappa shape index (κ3) is 1.52. The molecule has 52 valence electrons. The predicted octanol–water partition coefficient (Wildman–Crippen LogP) is 0.573. The van der Waals surface area contributed by atoms with Gasteiger partial charge in [-0.3, -0.25) is 4.79 Å². The smallest absolute Gasteiger partial charge is 0.146 e. The van der Waals surface area contributed by atoms with Crippen molar-refractivity contribution in [3.63, 3.8) is 0 Å². The Morgan fingerprint density at radius 3 is 2.56 bits per heavy atom. The maximum atomic E-state index is 10.7. The van der Waals surface area contributed by atoms with Gasteiger partial charge in [-0.05, 0) is 25.8 Å². The van der Waals surface area contributed by atoms with Crippen molar-refractivity contribution in [1.82, 2.24) is 5.32 Å². The van der Waals surface area contributed by atoms with Gasteiger partial charge in [-0.1, -0.05) is 6.92 Å². The van der Waals surface area contributed by atoms with Gasteiger partial charge in [-0.25, -0.2) is 0 Å². The molecule has 0 aromatic heterocycles. The lowest BCUT2D eigenvalue weighted by Crippen LogP contribution is -2.28. The number of ketones is 1. The predicted molar refractivity (Wildman–Crippen MR) is 36.3 cm³/mol. The highest BCUT2D eigenvalue weighted by molar-refractivity contribution is 5.81. The quantitative estimate of drug-likeness (QED) is 0.558. The topological polar surface area (TPSA) is 29.1 Å². The van der Waals surface area contributed by atoms with Crippen LogP contribution in [0, 0.1) is 5.92 Å². The molecule has 0 spiro atoms. The molecule has 1 rings (SSSR count). The number of rotatable bonds is 1. The molecular formula is C7H13NO. The van der Waals surface area contributed by atoms with Crippen LogP contribution in [0.4, 0.5) is 0 Å². The first-order chi connectivity index (χ1) is 4.20. The Morgan fingerprint density at radius 1 is 1.67 bits per heavy atom. The van der Waals surface area contributed by atoms with E-state index >= 15 is 0 Å². The Labute approximate surface area is 55.6 Å². The Bertz CT molecular complexity index is 122. The van der Waals surface area contributed by atoms with Crippen molar-refractivity contribution in [3.05, 3.63) is 0 Å². The third-order valence-electron chi connectivity index (χ3n) is 1.84. The van der Waals surface area contributed by atoms with E-state index in [9.17, 15) is 4.79 Å². The molecule has 1 heterocycles. The van der Waals surface area contributed by atoms with Gasteiger partial charge in [0.15, 0.2) is 0 Å². The minimum atomic E-state index is 0.153. The Hall–Kier alpha value is -0.370. The molecule has 9 heavy (non-hydrogen) atoms. The lowest BCUT2D eigenvalue weighted by atomic mass is 10.1. The number of Topliss-reactive ketones (excluding diaryl/α,β-unsaturated/α-hetero) is 1. The van der Waals surface area contributed by atoms with Crippen molar-refractivity contribution in [2.75, 3.05) is 6.54 Å². The highest BCUT2D eigenvalue weighted by Crippen LogP contribution is 2.12. The summed E-state index contributed by atoms with van der Waals surface area (Å²) in [5.41, 5.74) is 0. The normalized spacial score (nSPS) is 34.9. The first kappa shape index (κ1) is 6.75. The van der Waals surface area contributed by atoms with Gasteiger partial charge in [-0.15, -0.1) is 0 Å². The standard InChI is InChI=1S/C7H13NO/c1-5-3-7(6(2)9)8-4-5/h5,7-8H,3-4H2,1-2H3/t5?,7-/m0/s1. The van der Waals surface area contributed by atoms with Crippen LogP contribution in [0.5, 0.6) is 0 Å². The van der Waals surface area contributed by atoms with Gasteiger partial charge >= 0.3 is 0 Å². The zero-order valence-corrected chi connectivity index (χ0v) is 5.98. The van der Waals surface area contributed by atoms with Crippen LogP contribution in [0.3, 0.4) is 0 Å². The second kappa shape index (κ2) is 2.48. The lowest BCUT2D eigenvalue weighted by molar-refractivity contribution is -0.118. The molecule has 0 amide bonds. The average Bonchev–Trinajstić information content (AvgIpc) is 2.14. The van der Waals surface area contributed by atoms with Crippen molar-refractivity contribution >= 4 is 5.78 Å².